The lowest BCUT2D eigenvalue weighted by Gasteiger charge is -2.20. The highest BCUT2D eigenvalue weighted by molar-refractivity contribution is 7.89. The Balaban J connectivity index is 2.53. The van der Waals surface area contributed by atoms with Gasteiger partial charge >= 0.3 is 0 Å². The summed E-state index contributed by atoms with van der Waals surface area (Å²) < 4.78 is 26.4. The summed E-state index contributed by atoms with van der Waals surface area (Å²) in [6.45, 7) is 6.07. The van der Waals surface area contributed by atoms with E-state index < -0.39 is 10.0 Å². The highest BCUT2D eigenvalue weighted by Gasteiger charge is 2.30. The quantitative estimate of drug-likeness (QED) is 0.838. The molecular formula is C12H22N2O2S. The minimum atomic E-state index is -3.24. The van der Waals surface area contributed by atoms with Crippen molar-refractivity contribution in [3.05, 3.63) is 0 Å². The summed E-state index contributed by atoms with van der Waals surface area (Å²) in [5.74, 6) is -0.00933. The van der Waals surface area contributed by atoms with Gasteiger partial charge in [0, 0.05) is 6.04 Å². The maximum absolute atomic E-state index is 11.9. The molecule has 0 aromatic rings. The maximum atomic E-state index is 11.9. The van der Waals surface area contributed by atoms with Crippen LogP contribution in [0.2, 0.25) is 0 Å². The van der Waals surface area contributed by atoms with Gasteiger partial charge in [-0.3, -0.25) is 0 Å². The molecule has 0 amide bonds. The largest absolute Gasteiger partial charge is 0.212 e. The molecule has 0 spiro atoms. The minimum absolute atomic E-state index is 0.0130. The van der Waals surface area contributed by atoms with Gasteiger partial charge in [0.2, 0.25) is 10.0 Å². The van der Waals surface area contributed by atoms with Crippen LogP contribution in [-0.4, -0.2) is 20.2 Å². The number of nitrogens with one attached hydrogen (secondary N) is 1. The Morgan fingerprint density at radius 3 is 2.53 bits per heavy atom. The second-order valence-electron chi connectivity index (χ2n) is 6.02. The lowest BCUT2D eigenvalue weighted by molar-refractivity contribution is 0.395. The fraction of sp³-hybridized carbons (Fsp3) is 0.917. The van der Waals surface area contributed by atoms with Crippen molar-refractivity contribution in [2.45, 2.75) is 52.5 Å². The normalized spacial score (nSPS) is 25.8. The van der Waals surface area contributed by atoms with E-state index in [2.05, 4.69) is 10.8 Å². The molecule has 0 aromatic carbocycles. The van der Waals surface area contributed by atoms with Gasteiger partial charge in [-0.25, -0.2) is 13.1 Å². The van der Waals surface area contributed by atoms with Gasteiger partial charge < -0.3 is 0 Å². The number of sulfonamides is 1. The molecule has 4 nitrogen and oxygen atoms in total. The molecular weight excluding hydrogens is 236 g/mol. The van der Waals surface area contributed by atoms with Gasteiger partial charge in [0.05, 0.1) is 17.7 Å². The van der Waals surface area contributed by atoms with E-state index in [4.69, 9.17) is 5.26 Å². The van der Waals surface area contributed by atoms with Gasteiger partial charge in [-0.05, 0) is 24.7 Å². The van der Waals surface area contributed by atoms with Crippen molar-refractivity contribution in [2.24, 2.45) is 11.3 Å². The minimum Gasteiger partial charge on any atom is -0.212 e. The monoisotopic (exact) mass is 258 g/mol. The first kappa shape index (κ1) is 14.5. The fourth-order valence-corrected chi connectivity index (χ4v) is 3.73. The first-order valence-corrected chi connectivity index (χ1v) is 7.78. The molecule has 1 rings (SSSR count). The topological polar surface area (TPSA) is 70.0 Å². The number of nitrogens with zero attached hydrogens (tertiary/aromatic N) is 1. The van der Waals surface area contributed by atoms with Crippen molar-refractivity contribution in [2.75, 3.05) is 5.75 Å². The van der Waals surface area contributed by atoms with E-state index in [1.165, 1.54) is 0 Å². The summed E-state index contributed by atoms with van der Waals surface area (Å²) in [6, 6.07) is 2.01. The van der Waals surface area contributed by atoms with Crippen LogP contribution in [0.25, 0.3) is 0 Å². The lowest BCUT2D eigenvalue weighted by atomic mass is 9.94. The summed E-state index contributed by atoms with van der Waals surface area (Å²) in [7, 11) is -3.24. The summed E-state index contributed by atoms with van der Waals surface area (Å²) in [4.78, 5) is 0. The molecule has 0 bridgehead atoms. The van der Waals surface area contributed by atoms with Crippen LogP contribution in [0, 0.1) is 22.7 Å². The first-order valence-electron chi connectivity index (χ1n) is 6.13. The average molecular weight is 258 g/mol. The van der Waals surface area contributed by atoms with Gasteiger partial charge in [0.25, 0.3) is 0 Å². The maximum Gasteiger partial charge on any atom is 0.211 e. The molecule has 98 valence electrons. The van der Waals surface area contributed by atoms with E-state index in [1.54, 1.807) is 0 Å². The molecule has 1 fully saturated rings. The average Bonchev–Trinajstić information content (AvgIpc) is 2.61. The van der Waals surface area contributed by atoms with Gasteiger partial charge in [0.15, 0.2) is 0 Å². The van der Waals surface area contributed by atoms with E-state index in [0.717, 1.165) is 19.3 Å². The van der Waals surface area contributed by atoms with Gasteiger partial charge in [-0.1, -0.05) is 27.2 Å². The Morgan fingerprint density at radius 1 is 1.35 bits per heavy atom. The predicted octanol–water partition coefficient (Wildman–Crippen LogP) is 2.03. The molecule has 0 saturated heterocycles. The van der Waals surface area contributed by atoms with Crippen LogP contribution in [0.3, 0.4) is 0 Å². The molecule has 1 aliphatic carbocycles. The number of hydrogen-bond acceptors (Lipinski definition) is 3. The van der Waals surface area contributed by atoms with Crippen molar-refractivity contribution < 1.29 is 8.42 Å². The molecule has 0 aliphatic heterocycles. The zero-order valence-electron chi connectivity index (χ0n) is 10.9. The molecule has 17 heavy (non-hydrogen) atoms. The molecule has 2 unspecified atom stereocenters. The number of hydrogen-bond donors (Lipinski definition) is 1. The Morgan fingerprint density at radius 2 is 2.00 bits per heavy atom. The van der Waals surface area contributed by atoms with Crippen LogP contribution in [0.15, 0.2) is 0 Å². The van der Waals surface area contributed by atoms with Gasteiger partial charge in [-0.2, -0.15) is 5.26 Å². The molecule has 2 atom stereocenters. The van der Waals surface area contributed by atoms with Crippen LogP contribution in [0.5, 0.6) is 0 Å². The van der Waals surface area contributed by atoms with Crippen LogP contribution in [0.1, 0.15) is 46.5 Å². The predicted molar refractivity (Wildman–Crippen MR) is 67.7 cm³/mol. The molecule has 0 aromatic heterocycles. The van der Waals surface area contributed by atoms with E-state index in [1.807, 2.05) is 20.8 Å². The first-order chi connectivity index (χ1) is 7.73. The summed E-state index contributed by atoms with van der Waals surface area (Å²) in [5.41, 5.74) is 0.0130. The van der Waals surface area contributed by atoms with Crippen molar-refractivity contribution >= 4 is 10.0 Å². The summed E-state index contributed by atoms with van der Waals surface area (Å²) in [5, 5.41) is 8.91. The second kappa shape index (κ2) is 5.36. The van der Waals surface area contributed by atoms with Crippen molar-refractivity contribution in [3.63, 3.8) is 0 Å². The number of rotatable bonds is 4. The second-order valence-corrected chi connectivity index (χ2v) is 7.89. The number of nitriles is 1. The van der Waals surface area contributed by atoms with E-state index in [0.29, 0.717) is 6.42 Å². The van der Waals surface area contributed by atoms with E-state index in [-0.39, 0.29) is 23.1 Å². The smallest absolute Gasteiger partial charge is 0.211 e. The highest BCUT2D eigenvalue weighted by atomic mass is 32.2. The SMILES string of the molecule is CC(C)(C)CCS(=O)(=O)NC1CCCC1C#N. The third-order valence-corrected chi connectivity index (χ3v) is 4.54. The summed E-state index contributed by atoms with van der Waals surface area (Å²) in [6.07, 6.45) is 3.16. The Bertz CT molecular complexity index is 390. The van der Waals surface area contributed by atoms with Gasteiger partial charge in [0.1, 0.15) is 0 Å². The molecule has 1 saturated carbocycles. The van der Waals surface area contributed by atoms with E-state index in [9.17, 15) is 8.42 Å². The third kappa shape index (κ3) is 5.05. The Labute approximate surface area is 104 Å². The van der Waals surface area contributed by atoms with Crippen LogP contribution in [-0.2, 0) is 10.0 Å². The van der Waals surface area contributed by atoms with Crippen LogP contribution >= 0.6 is 0 Å². The third-order valence-electron chi connectivity index (χ3n) is 3.13. The van der Waals surface area contributed by atoms with Crippen molar-refractivity contribution in [3.8, 4) is 6.07 Å². The molecule has 0 radical (unpaired) electrons. The van der Waals surface area contributed by atoms with Crippen LogP contribution in [0.4, 0.5) is 0 Å². The summed E-state index contributed by atoms with van der Waals surface area (Å²) >= 11 is 0. The molecule has 1 aliphatic rings. The highest BCUT2D eigenvalue weighted by Crippen LogP contribution is 2.26. The van der Waals surface area contributed by atoms with Crippen LogP contribution < -0.4 is 4.72 Å². The molecule has 5 heteroatoms. The zero-order valence-corrected chi connectivity index (χ0v) is 11.7. The lowest BCUT2D eigenvalue weighted by Crippen LogP contribution is -2.38. The van der Waals surface area contributed by atoms with E-state index >= 15 is 0 Å². The standard InChI is InChI=1S/C12H22N2O2S/c1-12(2,3)7-8-17(15,16)14-11-6-4-5-10(11)9-13/h10-11,14H,4-8H2,1-3H3. The molecule has 0 heterocycles. The van der Waals surface area contributed by atoms with Crippen molar-refractivity contribution in [1.82, 2.24) is 4.72 Å². The Kier molecular flexibility index (Phi) is 4.56. The fourth-order valence-electron chi connectivity index (χ4n) is 1.99. The van der Waals surface area contributed by atoms with Gasteiger partial charge in [-0.15, -0.1) is 0 Å². The van der Waals surface area contributed by atoms with Crippen molar-refractivity contribution in [1.29, 1.82) is 5.26 Å². The Hall–Kier alpha value is -0.600. The molecule has 1 N–H and O–H groups in total. The zero-order chi connectivity index (χ0) is 13.1.